The summed E-state index contributed by atoms with van der Waals surface area (Å²) >= 11 is 0. The number of nitrogens with zero attached hydrogens (tertiary/aromatic N) is 2. The van der Waals surface area contributed by atoms with Crippen molar-refractivity contribution in [1.82, 2.24) is 14.9 Å². The molecule has 1 amide bonds. The maximum absolute atomic E-state index is 11.3. The highest BCUT2D eigenvalue weighted by Gasteiger charge is 2.16. The van der Waals surface area contributed by atoms with E-state index in [2.05, 4.69) is 15.0 Å². The molecule has 8 heteroatoms. The Labute approximate surface area is 158 Å². The molecule has 0 aliphatic heterocycles. The fraction of sp³-hybridized carbons (Fsp3) is 0.421. The van der Waals surface area contributed by atoms with Crippen LogP contribution in [0.3, 0.4) is 0 Å². The van der Waals surface area contributed by atoms with E-state index in [-0.39, 0.29) is 18.6 Å². The Bertz CT molecular complexity index is 786. The first kappa shape index (κ1) is 20.4. The van der Waals surface area contributed by atoms with E-state index in [1.54, 1.807) is 0 Å². The van der Waals surface area contributed by atoms with Crippen molar-refractivity contribution < 1.29 is 19.4 Å². The third kappa shape index (κ3) is 5.82. The van der Waals surface area contributed by atoms with Gasteiger partial charge in [-0.3, -0.25) is 4.79 Å². The number of nitrogens with one attached hydrogen (secondary N) is 1. The summed E-state index contributed by atoms with van der Waals surface area (Å²) in [5, 5.41) is 11.4. The highest BCUT2D eigenvalue weighted by Crippen LogP contribution is 2.22. The number of nitrogens with two attached hydrogens (primary N) is 1. The minimum Gasteiger partial charge on any atom is -0.450 e. The zero-order valence-electron chi connectivity index (χ0n) is 15.8. The Morgan fingerprint density at radius 3 is 2.56 bits per heavy atom. The van der Waals surface area contributed by atoms with E-state index >= 15 is 0 Å². The van der Waals surface area contributed by atoms with E-state index in [1.165, 1.54) is 6.92 Å². The average Bonchev–Trinajstić information content (AvgIpc) is 3.04. The van der Waals surface area contributed by atoms with Crippen LogP contribution in [-0.2, 0) is 22.5 Å². The lowest BCUT2D eigenvalue weighted by Gasteiger charge is -2.13. The number of benzene rings is 1. The fourth-order valence-electron chi connectivity index (χ4n) is 2.89. The number of hydrogen-bond donors (Lipinski definition) is 3. The molecule has 0 fully saturated rings. The predicted octanol–water partition coefficient (Wildman–Crippen LogP) is 2.33. The van der Waals surface area contributed by atoms with Gasteiger partial charge in [0.05, 0.1) is 11.7 Å². The van der Waals surface area contributed by atoms with Gasteiger partial charge in [-0.1, -0.05) is 24.3 Å². The lowest BCUT2D eigenvalue weighted by atomic mass is 10.0. The highest BCUT2D eigenvalue weighted by molar-refractivity contribution is 5.73. The number of amides is 1. The maximum Gasteiger partial charge on any atom is 0.505 e. The summed E-state index contributed by atoms with van der Waals surface area (Å²) in [4.78, 5) is 26.4. The van der Waals surface area contributed by atoms with Crippen LogP contribution in [0.5, 0.6) is 0 Å². The van der Waals surface area contributed by atoms with E-state index in [4.69, 9.17) is 10.8 Å². The summed E-state index contributed by atoms with van der Waals surface area (Å²) in [7, 11) is 0. The van der Waals surface area contributed by atoms with Gasteiger partial charge in [0, 0.05) is 31.3 Å². The van der Waals surface area contributed by atoms with Gasteiger partial charge in [0.15, 0.2) is 0 Å². The molecule has 1 aromatic heterocycles. The topological polar surface area (TPSA) is 119 Å². The molecule has 146 valence electrons. The van der Waals surface area contributed by atoms with Gasteiger partial charge in [0.25, 0.3) is 0 Å². The van der Waals surface area contributed by atoms with Crippen molar-refractivity contribution in [1.29, 1.82) is 0 Å². The van der Waals surface area contributed by atoms with Crippen LogP contribution in [0.15, 0.2) is 30.5 Å². The van der Waals surface area contributed by atoms with E-state index in [0.29, 0.717) is 6.42 Å². The Morgan fingerprint density at radius 1 is 1.33 bits per heavy atom. The smallest absolute Gasteiger partial charge is 0.450 e. The van der Waals surface area contributed by atoms with E-state index < -0.39 is 12.2 Å². The Morgan fingerprint density at radius 2 is 2.00 bits per heavy atom. The first-order valence-corrected chi connectivity index (χ1v) is 8.85. The number of carbonyl (C=O) groups excluding carboxylic acids is 1. The second-order valence-electron chi connectivity index (χ2n) is 6.43. The number of aryl methyl sites for hydroxylation is 1. The van der Waals surface area contributed by atoms with E-state index in [9.17, 15) is 9.59 Å². The van der Waals surface area contributed by atoms with Crippen molar-refractivity contribution >= 4 is 12.1 Å². The Kier molecular flexibility index (Phi) is 6.95. The number of aromatic nitrogens is 2. The molecule has 27 heavy (non-hydrogen) atoms. The number of carboxylic acid groups (broad SMARTS) is 1. The third-order valence-electron chi connectivity index (χ3n) is 4.12. The van der Waals surface area contributed by atoms with Crippen molar-refractivity contribution in [3.05, 3.63) is 41.9 Å². The van der Waals surface area contributed by atoms with Gasteiger partial charge >= 0.3 is 6.16 Å². The van der Waals surface area contributed by atoms with Gasteiger partial charge in [0.2, 0.25) is 5.91 Å². The van der Waals surface area contributed by atoms with Crippen molar-refractivity contribution in [3.63, 3.8) is 0 Å². The molecule has 0 aliphatic rings. The average molecular weight is 374 g/mol. The summed E-state index contributed by atoms with van der Waals surface area (Å²) < 4.78 is 6.51. The fourth-order valence-corrected chi connectivity index (χ4v) is 2.89. The van der Waals surface area contributed by atoms with E-state index in [0.717, 1.165) is 29.2 Å². The van der Waals surface area contributed by atoms with Crippen LogP contribution in [0.1, 0.15) is 38.2 Å². The van der Waals surface area contributed by atoms with Gasteiger partial charge in [-0.2, -0.15) is 0 Å². The highest BCUT2D eigenvalue weighted by atomic mass is 16.7. The standard InChI is InChI=1S/C19H26N4O4/c1-4-23-10-17(22-18(23)12(2)21-13(3)24)15-7-5-14(6-8-15)9-16(20)11-27-19(25)26/h5-8,10,12,16H,4,9,11,20H2,1-3H3,(H,21,24)(H,25,26)/t12-,16+/m1/s1. The SMILES string of the molecule is CCn1cc(-c2ccc(C[C@H](N)COC(=O)O)cc2)nc1[C@@H](C)NC(C)=O. The van der Waals surface area contributed by atoms with Crippen LogP contribution in [0.4, 0.5) is 4.79 Å². The summed E-state index contributed by atoms with van der Waals surface area (Å²) in [6.07, 6.45) is 1.16. The normalized spacial score (nSPS) is 13.0. The lowest BCUT2D eigenvalue weighted by Crippen LogP contribution is -2.29. The quantitative estimate of drug-likeness (QED) is 0.610. The van der Waals surface area contributed by atoms with Gasteiger partial charge in [-0.15, -0.1) is 0 Å². The molecular formula is C19H26N4O4. The Hall–Kier alpha value is -2.87. The first-order chi connectivity index (χ1) is 12.8. The van der Waals surface area contributed by atoms with Crippen LogP contribution in [0.2, 0.25) is 0 Å². The van der Waals surface area contributed by atoms with Gasteiger partial charge in [-0.05, 0) is 25.8 Å². The molecule has 2 atom stereocenters. The lowest BCUT2D eigenvalue weighted by molar-refractivity contribution is -0.119. The first-order valence-electron chi connectivity index (χ1n) is 8.85. The Balaban J connectivity index is 2.11. The van der Waals surface area contributed by atoms with E-state index in [1.807, 2.05) is 48.9 Å². The molecule has 0 saturated heterocycles. The minimum atomic E-state index is -1.32. The molecule has 8 nitrogen and oxygen atoms in total. The van der Waals surface area contributed by atoms with Crippen molar-refractivity contribution in [2.24, 2.45) is 5.73 Å². The van der Waals surface area contributed by atoms with Crippen LogP contribution in [-0.4, -0.2) is 39.4 Å². The number of rotatable bonds is 8. The molecule has 2 rings (SSSR count). The van der Waals surface area contributed by atoms with Crippen molar-refractivity contribution in [3.8, 4) is 11.3 Å². The molecule has 0 radical (unpaired) electrons. The van der Waals surface area contributed by atoms with Gasteiger partial charge in [-0.25, -0.2) is 9.78 Å². The van der Waals surface area contributed by atoms with Crippen LogP contribution < -0.4 is 11.1 Å². The second-order valence-corrected chi connectivity index (χ2v) is 6.43. The molecular weight excluding hydrogens is 348 g/mol. The molecule has 4 N–H and O–H groups in total. The number of imidazole rings is 1. The molecule has 0 bridgehead atoms. The molecule has 0 unspecified atom stereocenters. The molecule has 0 aliphatic carbocycles. The van der Waals surface area contributed by atoms with Gasteiger partial charge in [0.1, 0.15) is 12.4 Å². The number of ether oxygens (including phenoxy) is 1. The second kappa shape index (κ2) is 9.18. The van der Waals surface area contributed by atoms with Crippen molar-refractivity contribution in [2.45, 2.75) is 45.8 Å². The van der Waals surface area contributed by atoms with Crippen LogP contribution >= 0.6 is 0 Å². The molecule has 0 saturated carbocycles. The molecule has 0 spiro atoms. The summed E-state index contributed by atoms with van der Waals surface area (Å²) in [6.45, 7) is 6.13. The predicted molar refractivity (Wildman–Crippen MR) is 101 cm³/mol. The number of carbonyl (C=O) groups is 2. The largest absolute Gasteiger partial charge is 0.505 e. The summed E-state index contributed by atoms with van der Waals surface area (Å²) in [5.41, 5.74) is 8.65. The molecule has 1 heterocycles. The zero-order chi connectivity index (χ0) is 20.0. The minimum absolute atomic E-state index is 0.0393. The van der Waals surface area contributed by atoms with Crippen LogP contribution in [0, 0.1) is 0 Å². The number of hydrogen-bond acceptors (Lipinski definition) is 5. The maximum atomic E-state index is 11.3. The van der Waals surface area contributed by atoms with Crippen molar-refractivity contribution in [2.75, 3.05) is 6.61 Å². The molecule has 2 aromatic rings. The monoisotopic (exact) mass is 374 g/mol. The third-order valence-corrected chi connectivity index (χ3v) is 4.12. The summed E-state index contributed by atoms with van der Waals surface area (Å²) in [6, 6.07) is 7.22. The molecule has 1 aromatic carbocycles. The van der Waals surface area contributed by atoms with Crippen LogP contribution in [0.25, 0.3) is 11.3 Å². The summed E-state index contributed by atoms with van der Waals surface area (Å²) in [5.74, 6) is 0.710. The zero-order valence-corrected chi connectivity index (χ0v) is 15.8. The van der Waals surface area contributed by atoms with Gasteiger partial charge < -0.3 is 25.5 Å².